The fourth-order valence-corrected chi connectivity index (χ4v) is 4.43. The van der Waals surface area contributed by atoms with Gasteiger partial charge in [-0.3, -0.25) is 4.79 Å². The molecule has 0 spiro atoms. The summed E-state index contributed by atoms with van der Waals surface area (Å²) < 4.78 is 5.60. The average molecular weight is 479 g/mol. The highest BCUT2D eigenvalue weighted by Crippen LogP contribution is 2.44. The minimum Gasteiger partial charge on any atom is -0.480 e. The quantitative estimate of drug-likeness (QED) is 0.394. The van der Waals surface area contributed by atoms with E-state index < -0.39 is 30.1 Å². The molecule has 7 heteroatoms. The first-order valence-corrected chi connectivity index (χ1v) is 12.1. The van der Waals surface area contributed by atoms with Gasteiger partial charge in [-0.15, -0.1) is 0 Å². The number of aliphatic carboxylic acids is 1. The van der Waals surface area contributed by atoms with E-state index in [0.717, 1.165) is 34.2 Å². The number of carbonyl (C=O) groups is 3. The molecule has 1 aliphatic carbocycles. The van der Waals surface area contributed by atoms with Gasteiger partial charge in [-0.25, -0.2) is 9.59 Å². The summed E-state index contributed by atoms with van der Waals surface area (Å²) in [6.45, 7) is 5.89. The fourth-order valence-electron chi connectivity index (χ4n) is 4.43. The summed E-state index contributed by atoms with van der Waals surface area (Å²) >= 11 is 0. The minimum atomic E-state index is -1.09. The summed E-state index contributed by atoms with van der Waals surface area (Å²) in [5.74, 6) is -1.56. The van der Waals surface area contributed by atoms with Crippen LogP contribution >= 0.6 is 0 Å². The SMILES string of the molecule is CCCC(CC(=O)NC(CC=C(C)C)C(=O)O)NC(=O)OCC1c2ccccc2-c2ccccc21. The number of alkyl carbamates (subject to hydrolysis) is 1. The van der Waals surface area contributed by atoms with Gasteiger partial charge < -0.3 is 20.5 Å². The van der Waals surface area contributed by atoms with Gasteiger partial charge in [0.05, 0.1) is 0 Å². The van der Waals surface area contributed by atoms with E-state index in [1.165, 1.54) is 0 Å². The van der Waals surface area contributed by atoms with Crippen molar-refractivity contribution < 1.29 is 24.2 Å². The molecule has 0 bridgehead atoms. The van der Waals surface area contributed by atoms with E-state index in [2.05, 4.69) is 34.9 Å². The molecule has 3 rings (SSSR count). The number of hydrogen-bond donors (Lipinski definition) is 3. The van der Waals surface area contributed by atoms with Crippen LogP contribution in [0.3, 0.4) is 0 Å². The standard InChI is InChI=1S/C28H34N2O5/c1-4-9-19(16-26(31)30-25(27(32)33)15-14-18(2)3)29-28(34)35-17-24-22-12-7-5-10-20(22)21-11-6-8-13-23(21)24/h5-8,10-14,19,24-25H,4,9,15-17H2,1-3H3,(H,29,34)(H,30,31)(H,32,33). The van der Waals surface area contributed by atoms with E-state index in [0.29, 0.717) is 6.42 Å². The second kappa shape index (κ2) is 12.2. The van der Waals surface area contributed by atoms with Crippen LogP contribution in [0.25, 0.3) is 11.1 Å². The largest absolute Gasteiger partial charge is 0.480 e. The number of benzene rings is 2. The lowest BCUT2D eigenvalue weighted by molar-refractivity contribution is -0.141. The molecule has 0 saturated carbocycles. The van der Waals surface area contributed by atoms with Crippen molar-refractivity contribution in [3.8, 4) is 11.1 Å². The number of allylic oxidation sites excluding steroid dienone is 1. The molecular formula is C28H34N2O5. The first kappa shape index (κ1) is 26.0. The monoisotopic (exact) mass is 478 g/mol. The van der Waals surface area contributed by atoms with Gasteiger partial charge in [0, 0.05) is 18.4 Å². The first-order valence-electron chi connectivity index (χ1n) is 12.1. The molecule has 2 unspecified atom stereocenters. The number of amides is 2. The second-order valence-corrected chi connectivity index (χ2v) is 9.14. The van der Waals surface area contributed by atoms with Crippen LogP contribution in [0.2, 0.25) is 0 Å². The highest BCUT2D eigenvalue weighted by Gasteiger charge is 2.29. The van der Waals surface area contributed by atoms with E-state index in [4.69, 9.17) is 4.74 Å². The van der Waals surface area contributed by atoms with Gasteiger partial charge in [-0.05, 0) is 48.9 Å². The summed E-state index contributed by atoms with van der Waals surface area (Å²) in [6, 6.07) is 14.8. The van der Waals surface area contributed by atoms with Crippen LogP contribution in [0.5, 0.6) is 0 Å². The third-order valence-electron chi connectivity index (χ3n) is 6.13. The Morgan fingerprint density at radius 1 is 1.00 bits per heavy atom. The summed E-state index contributed by atoms with van der Waals surface area (Å²) in [5, 5.41) is 14.7. The zero-order valence-corrected chi connectivity index (χ0v) is 20.5. The molecule has 186 valence electrons. The highest BCUT2D eigenvalue weighted by atomic mass is 16.5. The van der Waals surface area contributed by atoms with E-state index in [1.807, 2.05) is 45.0 Å². The average Bonchev–Trinajstić information content (AvgIpc) is 3.14. The summed E-state index contributed by atoms with van der Waals surface area (Å²) in [7, 11) is 0. The molecule has 0 heterocycles. The number of ether oxygens (including phenoxy) is 1. The highest BCUT2D eigenvalue weighted by molar-refractivity contribution is 5.84. The minimum absolute atomic E-state index is 0.0172. The van der Waals surface area contributed by atoms with Crippen LogP contribution in [0.15, 0.2) is 60.2 Å². The normalized spacial score (nSPS) is 13.7. The maximum Gasteiger partial charge on any atom is 0.407 e. The zero-order chi connectivity index (χ0) is 25.4. The Morgan fingerprint density at radius 2 is 1.60 bits per heavy atom. The molecule has 0 aliphatic heterocycles. The Balaban J connectivity index is 1.58. The smallest absolute Gasteiger partial charge is 0.407 e. The van der Waals surface area contributed by atoms with Gasteiger partial charge in [-0.1, -0.05) is 73.5 Å². The molecule has 0 radical (unpaired) electrons. The van der Waals surface area contributed by atoms with Crippen molar-refractivity contribution in [3.05, 3.63) is 71.3 Å². The summed E-state index contributed by atoms with van der Waals surface area (Å²) in [5.41, 5.74) is 5.54. The van der Waals surface area contributed by atoms with Gasteiger partial charge in [0.2, 0.25) is 5.91 Å². The Morgan fingerprint density at radius 3 is 2.14 bits per heavy atom. The van der Waals surface area contributed by atoms with Crippen LogP contribution in [0, 0.1) is 0 Å². The molecule has 35 heavy (non-hydrogen) atoms. The summed E-state index contributed by atoms with van der Waals surface area (Å²) in [6.07, 6.45) is 2.71. The molecular weight excluding hydrogens is 444 g/mol. The lowest BCUT2D eigenvalue weighted by Crippen LogP contribution is -2.44. The topological polar surface area (TPSA) is 105 Å². The predicted molar refractivity (Wildman–Crippen MR) is 135 cm³/mol. The fraction of sp³-hybridized carbons (Fsp3) is 0.393. The van der Waals surface area contributed by atoms with Crippen molar-refractivity contribution in [2.45, 2.75) is 64.5 Å². The van der Waals surface area contributed by atoms with Crippen molar-refractivity contribution >= 4 is 18.0 Å². The van der Waals surface area contributed by atoms with Gasteiger partial charge in [0.25, 0.3) is 0 Å². The molecule has 0 aromatic heterocycles. The first-order chi connectivity index (χ1) is 16.8. The van der Waals surface area contributed by atoms with Crippen LogP contribution in [0.4, 0.5) is 4.79 Å². The lowest BCUT2D eigenvalue weighted by atomic mass is 9.98. The Kier molecular flexibility index (Phi) is 9.06. The molecule has 2 aromatic rings. The third-order valence-corrected chi connectivity index (χ3v) is 6.13. The maximum absolute atomic E-state index is 12.6. The number of carboxylic acid groups (broad SMARTS) is 1. The number of rotatable bonds is 11. The van der Waals surface area contributed by atoms with Gasteiger partial charge in [0.1, 0.15) is 12.6 Å². The molecule has 2 atom stereocenters. The lowest BCUT2D eigenvalue weighted by Gasteiger charge is -2.20. The zero-order valence-electron chi connectivity index (χ0n) is 20.5. The molecule has 0 saturated heterocycles. The van der Waals surface area contributed by atoms with E-state index in [-0.39, 0.29) is 25.4 Å². The number of hydrogen-bond acceptors (Lipinski definition) is 4. The van der Waals surface area contributed by atoms with Crippen molar-refractivity contribution in [2.24, 2.45) is 0 Å². The Labute approximate surface area is 206 Å². The maximum atomic E-state index is 12.6. The van der Waals surface area contributed by atoms with Crippen LogP contribution in [-0.2, 0) is 14.3 Å². The predicted octanol–water partition coefficient (Wildman–Crippen LogP) is 5.01. The number of fused-ring (bicyclic) bond motifs is 3. The Hall–Kier alpha value is -3.61. The van der Waals surface area contributed by atoms with Crippen LogP contribution < -0.4 is 10.6 Å². The molecule has 2 aromatic carbocycles. The number of carbonyl (C=O) groups excluding carboxylic acids is 2. The molecule has 1 aliphatic rings. The number of nitrogens with one attached hydrogen (secondary N) is 2. The molecule has 2 amide bonds. The van der Waals surface area contributed by atoms with Crippen LogP contribution in [0.1, 0.15) is 63.5 Å². The third kappa shape index (κ3) is 6.94. The van der Waals surface area contributed by atoms with Gasteiger partial charge >= 0.3 is 12.1 Å². The van der Waals surface area contributed by atoms with Crippen molar-refractivity contribution in [1.82, 2.24) is 10.6 Å². The Bertz CT molecular complexity index is 1040. The van der Waals surface area contributed by atoms with Crippen molar-refractivity contribution in [1.29, 1.82) is 0 Å². The van der Waals surface area contributed by atoms with E-state index in [1.54, 1.807) is 6.08 Å². The van der Waals surface area contributed by atoms with Crippen molar-refractivity contribution in [2.75, 3.05) is 6.61 Å². The molecule has 3 N–H and O–H groups in total. The number of carboxylic acids is 1. The second-order valence-electron chi connectivity index (χ2n) is 9.14. The van der Waals surface area contributed by atoms with Gasteiger partial charge in [-0.2, -0.15) is 0 Å². The molecule has 7 nitrogen and oxygen atoms in total. The summed E-state index contributed by atoms with van der Waals surface area (Å²) in [4.78, 5) is 36.6. The van der Waals surface area contributed by atoms with Crippen molar-refractivity contribution in [3.63, 3.8) is 0 Å². The van der Waals surface area contributed by atoms with E-state index >= 15 is 0 Å². The van der Waals surface area contributed by atoms with E-state index in [9.17, 15) is 19.5 Å². The molecule has 0 fully saturated rings. The van der Waals surface area contributed by atoms with Gasteiger partial charge in [0.15, 0.2) is 0 Å². The van der Waals surface area contributed by atoms with Crippen LogP contribution in [-0.4, -0.2) is 41.8 Å².